The predicted molar refractivity (Wildman–Crippen MR) is 256 cm³/mol. The average Bonchev–Trinajstić information content (AvgIpc) is 3.23. The van der Waals surface area contributed by atoms with Crippen molar-refractivity contribution in [1.29, 1.82) is 0 Å². The molecular weight excluding hydrogens is 877 g/mol. The van der Waals surface area contributed by atoms with Crippen molar-refractivity contribution in [3.63, 3.8) is 0 Å². The van der Waals surface area contributed by atoms with E-state index in [1.54, 1.807) is 33.8 Å². The van der Waals surface area contributed by atoms with Gasteiger partial charge in [0, 0.05) is 62.9 Å². The minimum absolute atomic E-state index is 0.00585. The molecular formula is C53H88O15. The fourth-order valence-corrected chi connectivity index (χ4v) is 9.79. The summed E-state index contributed by atoms with van der Waals surface area (Å²) in [5.74, 6) is -5.76. The lowest BCUT2D eigenvalue weighted by Crippen LogP contribution is -2.57. The molecule has 15 heteroatoms. The second kappa shape index (κ2) is 28.7. The van der Waals surface area contributed by atoms with Gasteiger partial charge in [0.1, 0.15) is 30.5 Å². The van der Waals surface area contributed by atoms with Crippen LogP contribution in [0.3, 0.4) is 0 Å². The lowest BCUT2D eigenvalue weighted by molar-refractivity contribution is -0.347. The van der Waals surface area contributed by atoms with Crippen LogP contribution in [0.2, 0.25) is 0 Å². The largest absolute Gasteiger partial charge is 0.469 e. The number of ether oxygens (including phenoxy) is 8. The molecule has 2 saturated heterocycles. The highest BCUT2D eigenvalue weighted by Crippen LogP contribution is 2.46. The third-order valence-electron chi connectivity index (χ3n) is 13.0. The van der Waals surface area contributed by atoms with Crippen LogP contribution in [0.5, 0.6) is 0 Å². The molecule has 0 unspecified atom stereocenters. The Morgan fingerprint density at radius 3 is 1.79 bits per heavy atom. The zero-order valence-electron chi connectivity index (χ0n) is 44.3. The van der Waals surface area contributed by atoms with Crippen LogP contribution in [0.4, 0.5) is 0 Å². The van der Waals surface area contributed by atoms with Gasteiger partial charge in [-0.05, 0) is 87.0 Å². The van der Waals surface area contributed by atoms with Crippen molar-refractivity contribution >= 4 is 35.8 Å². The van der Waals surface area contributed by atoms with Crippen LogP contribution in [-0.2, 0) is 66.7 Å². The monoisotopic (exact) mass is 965 g/mol. The zero-order chi connectivity index (χ0) is 51.6. The Kier molecular flexibility index (Phi) is 25.5. The minimum atomic E-state index is -1.16. The molecule has 1 spiro atoms. The third-order valence-corrected chi connectivity index (χ3v) is 13.0. The SMILES string of the molecule is CCC(=O)O[C@@H]([C@H](C)[C@H](OC(C)=O)[C@H](C[C@H](C)[C@H](OC(=O)CC(C)C)[C@@H]1C[C@H](C)C[C@]2(C[C@H](C)C[C@H]([C@H](O)/C(C)=C/CC[C@@H](C)CC(=O)OC)O2)O1)OC(=O)CC(C)C)[C@H](C)/C=C(\C)C(=O)OC. The smallest absolute Gasteiger partial charge is 0.333 e. The molecule has 1 N–H and O–H groups in total. The van der Waals surface area contributed by atoms with E-state index in [1.165, 1.54) is 21.1 Å². The number of methoxy groups -OCH3 is 2. The molecule has 2 aliphatic rings. The van der Waals surface area contributed by atoms with Crippen LogP contribution >= 0.6 is 0 Å². The summed E-state index contributed by atoms with van der Waals surface area (Å²) in [5.41, 5.74) is 1.06. The number of carbonyl (C=O) groups excluding carboxylic acids is 6. The van der Waals surface area contributed by atoms with Crippen molar-refractivity contribution in [3.8, 4) is 0 Å². The molecule has 14 atom stereocenters. The molecule has 2 fully saturated rings. The molecule has 0 saturated carbocycles. The van der Waals surface area contributed by atoms with Crippen molar-refractivity contribution in [2.24, 2.45) is 47.3 Å². The summed E-state index contributed by atoms with van der Waals surface area (Å²) in [5, 5.41) is 11.7. The number of aliphatic hydroxyl groups is 1. The number of carbonyl (C=O) groups is 6. The first-order chi connectivity index (χ1) is 31.7. The Labute approximate surface area is 407 Å². The standard InChI is InChI=1S/C53H88O15/c1-17-44(55)65-49(36(10)26-38(12)52(60)62-16)39(13)51(63-40(14)54)42(64-46(57)21-30(2)3)27-37(11)50(66-47(58)22-31(4)5)43-24-34(8)29-53(68-43)28-33(7)23-41(67-53)48(59)35(9)20-18-19-32(6)25-45(56)61-15/h20,26,30-34,36-37,39,41-43,48-51,59H,17-19,21-25,27-29H2,1-16H3/b35-20+,38-26+/t32-,33-,34+,36-,37+,39+,41-,42+,43+,48-,49-,50+,51+,53+/m1/s1. The highest BCUT2D eigenvalue weighted by Gasteiger charge is 2.52. The fourth-order valence-electron chi connectivity index (χ4n) is 9.79. The summed E-state index contributed by atoms with van der Waals surface area (Å²) in [7, 11) is 2.65. The number of esters is 6. The molecule has 2 heterocycles. The molecule has 0 aliphatic carbocycles. The maximum atomic E-state index is 13.7. The predicted octanol–water partition coefficient (Wildman–Crippen LogP) is 9.19. The van der Waals surface area contributed by atoms with Gasteiger partial charge < -0.3 is 43.0 Å². The van der Waals surface area contributed by atoms with E-state index in [0.717, 1.165) is 12.0 Å². The van der Waals surface area contributed by atoms with Gasteiger partial charge in [-0.15, -0.1) is 0 Å². The molecule has 0 amide bonds. The molecule has 390 valence electrons. The van der Waals surface area contributed by atoms with Gasteiger partial charge in [-0.1, -0.05) is 88.3 Å². The summed E-state index contributed by atoms with van der Waals surface area (Å²) in [6.45, 7) is 25.6. The van der Waals surface area contributed by atoms with Crippen molar-refractivity contribution in [3.05, 3.63) is 23.3 Å². The van der Waals surface area contributed by atoms with Crippen LogP contribution in [0.1, 0.15) is 168 Å². The van der Waals surface area contributed by atoms with Crippen molar-refractivity contribution < 1.29 is 71.8 Å². The van der Waals surface area contributed by atoms with E-state index in [-0.39, 0.29) is 66.8 Å². The van der Waals surface area contributed by atoms with E-state index in [9.17, 15) is 33.9 Å². The zero-order valence-corrected chi connectivity index (χ0v) is 44.3. The second-order valence-corrected chi connectivity index (χ2v) is 21.0. The van der Waals surface area contributed by atoms with Crippen LogP contribution in [0, 0.1) is 47.3 Å². The Morgan fingerprint density at radius 1 is 0.706 bits per heavy atom. The molecule has 0 bridgehead atoms. The summed E-state index contributed by atoms with van der Waals surface area (Å²) >= 11 is 0. The normalized spacial score (nSPS) is 25.2. The quantitative estimate of drug-likeness (QED) is 0.0372. The highest BCUT2D eigenvalue weighted by atomic mass is 16.7. The topological polar surface area (TPSA) is 196 Å². The van der Waals surface area contributed by atoms with Crippen LogP contribution < -0.4 is 0 Å². The number of aliphatic hydroxyl groups excluding tert-OH is 1. The van der Waals surface area contributed by atoms with Gasteiger partial charge in [0.2, 0.25) is 0 Å². The first-order valence-electron chi connectivity index (χ1n) is 25.0. The molecule has 2 aliphatic heterocycles. The molecule has 0 radical (unpaired) electrons. The molecule has 2 rings (SSSR count). The van der Waals surface area contributed by atoms with Gasteiger partial charge >= 0.3 is 35.8 Å². The molecule has 15 nitrogen and oxygen atoms in total. The lowest BCUT2D eigenvalue weighted by Gasteiger charge is -2.52. The van der Waals surface area contributed by atoms with Gasteiger partial charge in [0.25, 0.3) is 0 Å². The summed E-state index contributed by atoms with van der Waals surface area (Å²) < 4.78 is 48.5. The van der Waals surface area contributed by atoms with Gasteiger partial charge in [0.15, 0.2) is 5.79 Å². The van der Waals surface area contributed by atoms with Crippen LogP contribution in [0.25, 0.3) is 0 Å². The number of hydrogen-bond donors (Lipinski definition) is 1. The first kappa shape index (κ1) is 60.3. The van der Waals surface area contributed by atoms with Crippen molar-refractivity contribution in [1.82, 2.24) is 0 Å². The lowest BCUT2D eigenvalue weighted by atomic mass is 9.78. The van der Waals surface area contributed by atoms with E-state index in [2.05, 4.69) is 13.8 Å². The van der Waals surface area contributed by atoms with Crippen molar-refractivity contribution in [2.45, 2.75) is 216 Å². The fraction of sp³-hybridized carbons (Fsp3) is 0.811. The van der Waals surface area contributed by atoms with E-state index >= 15 is 0 Å². The first-order valence-corrected chi connectivity index (χ1v) is 25.0. The maximum absolute atomic E-state index is 13.7. The molecule has 0 aromatic rings. The number of allylic oxidation sites excluding steroid dienone is 1. The highest BCUT2D eigenvalue weighted by molar-refractivity contribution is 5.87. The number of rotatable bonds is 26. The third kappa shape index (κ3) is 19.9. The Morgan fingerprint density at radius 2 is 1.26 bits per heavy atom. The van der Waals surface area contributed by atoms with Gasteiger partial charge in [0.05, 0.1) is 26.4 Å². The Hall–Kier alpha value is -3.82. The van der Waals surface area contributed by atoms with Crippen LogP contribution in [-0.4, -0.2) is 104 Å². The van der Waals surface area contributed by atoms with Crippen molar-refractivity contribution in [2.75, 3.05) is 14.2 Å². The van der Waals surface area contributed by atoms with Gasteiger partial charge in [-0.2, -0.15) is 0 Å². The van der Waals surface area contributed by atoms with Crippen LogP contribution in [0.15, 0.2) is 23.3 Å². The Balaban J connectivity index is 2.66. The van der Waals surface area contributed by atoms with E-state index in [4.69, 9.17) is 37.9 Å². The van der Waals surface area contributed by atoms with Gasteiger partial charge in [-0.3, -0.25) is 24.0 Å². The van der Waals surface area contributed by atoms with E-state index in [1.807, 2.05) is 54.5 Å². The maximum Gasteiger partial charge on any atom is 0.333 e. The molecule has 68 heavy (non-hydrogen) atoms. The minimum Gasteiger partial charge on any atom is -0.469 e. The van der Waals surface area contributed by atoms with E-state index < -0.39 is 96.1 Å². The number of hydrogen-bond acceptors (Lipinski definition) is 15. The molecule has 0 aromatic carbocycles. The summed E-state index contributed by atoms with van der Waals surface area (Å²) in [6, 6.07) is 0. The molecule has 0 aromatic heterocycles. The van der Waals surface area contributed by atoms with Gasteiger partial charge in [-0.25, -0.2) is 4.79 Å². The second-order valence-electron chi connectivity index (χ2n) is 21.0. The average molecular weight is 965 g/mol. The Bertz CT molecular complexity index is 1700. The van der Waals surface area contributed by atoms with E-state index in [0.29, 0.717) is 38.5 Å². The summed E-state index contributed by atoms with van der Waals surface area (Å²) in [4.78, 5) is 77.6. The summed E-state index contributed by atoms with van der Waals surface area (Å²) in [6.07, 6.45) is 1.66.